The summed E-state index contributed by atoms with van der Waals surface area (Å²) in [7, 11) is 0. The number of rotatable bonds is 2. The Labute approximate surface area is 137 Å². The van der Waals surface area contributed by atoms with Gasteiger partial charge in [-0.2, -0.15) is 0 Å². The van der Waals surface area contributed by atoms with Crippen LogP contribution in [0.1, 0.15) is 9.67 Å². The highest BCUT2D eigenvalue weighted by molar-refractivity contribution is 14.1. The molecule has 0 aliphatic carbocycles. The number of nitrogens with zero attached hydrogens (tertiary/aromatic N) is 1. The van der Waals surface area contributed by atoms with Gasteiger partial charge in [0.05, 0.1) is 16.1 Å². The number of aromatic nitrogens is 1. The first-order chi connectivity index (χ1) is 10.1. The van der Waals surface area contributed by atoms with E-state index in [-0.39, 0.29) is 11.7 Å². The molecule has 2 aromatic heterocycles. The Morgan fingerprint density at radius 3 is 2.90 bits per heavy atom. The van der Waals surface area contributed by atoms with Crippen LogP contribution in [0.4, 0.5) is 15.8 Å². The summed E-state index contributed by atoms with van der Waals surface area (Å²) in [5, 5.41) is 3.57. The number of benzene rings is 1. The number of hydrogen-bond donors (Lipinski definition) is 2. The van der Waals surface area contributed by atoms with Gasteiger partial charge >= 0.3 is 0 Å². The van der Waals surface area contributed by atoms with Gasteiger partial charge in [-0.1, -0.05) is 0 Å². The van der Waals surface area contributed by atoms with Crippen molar-refractivity contribution in [3.8, 4) is 0 Å². The average Bonchev–Trinajstić information content (AvgIpc) is 2.80. The monoisotopic (exact) mass is 413 g/mol. The maximum Gasteiger partial charge on any atom is 0.267 e. The number of amides is 1. The molecular formula is C14H9FIN3OS. The molecule has 0 bridgehead atoms. The van der Waals surface area contributed by atoms with Gasteiger partial charge in [0.25, 0.3) is 5.91 Å². The van der Waals surface area contributed by atoms with Crippen LogP contribution in [0.15, 0.2) is 36.7 Å². The molecule has 0 aliphatic heterocycles. The molecule has 7 heteroatoms. The van der Waals surface area contributed by atoms with Gasteiger partial charge in [-0.05, 0) is 46.9 Å². The Kier molecular flexibility index (Phi) is 3.77. The summed E-state index contributed by atoms with van der Waals surface area (Å²) in [6.07, 6.45) is 3.31. The van der Waals surface area contributed by atoms with Gasteiger partial charge < -0.3 is 11.1 Å². The minimum Gasteiger partial charge on any atom is -0.397 e. The summed E-state index contributed by atoms with van der Waals surface area (Å²) in [6, 6.07) is 5.96. The SMILES string of the molecule is Nc1c(C(=O)Nc2ccc(F)cc2I)sc2cnccc12. The molecule has 3 rings (SSSR count). The second kappa shape index (κ2) is 5.57. The summed E-state index contributed by atoms with van der Waals surface area (Å²) < 4.78 is 14.6. The van der Waals surface area contributed by atoms with Gasteiger partial charge in [-0.25, -0.2) is 4.39 Å². The fraction of sp³-hybridized carbons (Fsp3) is 0. The van der Waals surface area contributed by atoms with Crippen molar-refractivity contribution < 1.29 is 9.18 Å². The third kappa shape index (κ3) is 2.70. The van der Waals surface area contributed by atoms with Crippen LogP contribution in [0.2, 0.25) is 0 Å². The van der Waals surface area contributed by atoms with Gasteiger partial charge in [0, 0.05) is 21.4 Å². The van der Waals surface area contributed by atoms with Crippen molar-refractivity contribution in [3.05, 3.63) is 50.9 Å². The van der Waals surface area contributed by atoms with Crippen molar-refractivity contribution in [2.24, 2.45) is 0 Å². The van der Waals surface area contributed by atoms with E-state index in [4.69, 9.17) is 5.73 Å². The van der Waals surface area contributed by atoms with Crippen molar-refractivity contribution in [2.45, 2.75) is 0 Å². The molecule has 1 aromatic carbocycles. The minimum absolute atomic E-state index is 0.307. The van der Waals surface area contributed by atoms with Crippen LogP contribution < -0.4 is 11.1 Å². The van der Waals surface area contributed by atoms with E-state index in [9.17, 15) is 9.18 Å². The van der Waals surface area contributed by atoms with Crippen molar-refractivity contribution in [3.63, 3.8) is 0 Å². The maximum absolute atomic E-state index is 13.1. The van der Waals surface area contributed by atoms with Crippen molar-refractivity contribution in [1.29, 1.82) is 0 Å². The molecule has 106 valence electrons. The molecule has 0 spiro atoms. The number of nitrogens with two attached hydrogens (primary N) is 1. The molecule has 3 N–H and O–H groups in total. The van der Waals surface area contributed by atoms with E-state index < -0.39 is 0 Å². The molecule has 0 unspecified atom stereocenters. The highest BCUT2D eigenvalue weighted by atomic mass is 127. The van der Waals surface area contributed by atoms with Crippen molar-refractivity contribution >= 4 is 61.3 Å². The van der Waals surface area contributed by atoms with Gasteiger partial charge in [-0.3, -0.25) is 9.78 Å². The Morgan fingerprint density at radius 1 is 1.38 bits per heavy atom. The summed E-state index contributed by atoms with van der Waals surface area (Å²) >= 11 is 3.25. The molecular weight excluding hydrogens is 404 g/mol. The highest BCUT2D eigenvalue weighted by Gasteiger charge is 2.17. The Bertz CT molecular complexity index is 849. The summed E-state index contributed by atoms with van der Waals surface area (Å²) in [5.74, 6) is -0.650. The lowest BCUT2D eigenvalue weighted by Crippen LogP contribution is -2.12. The quantitative estimate of drug-likeness (QED) is 0.627. The maximum atomic E-state index is 13.1. The first-order valence-electron chi connectivity index (χ1n) is 5.94. The second-order valence-corrected chi connectivity index (χ2v) is 6.51. The minimum atomic E-state index is -0.343. The lowest BCUT2D eigenvalue weighted by Gasteiger charge is -2.06. The number of fused-ring (bicyclic) bond motifs is 1. The molecule has 1 amide bonds. The van der Waals surface area contributed by atoms with E-state index in [0.717, 1.165) is 10.1 Å². The normalized spacial score (nSPS) is 10.8. The highest BCUT2D eigenvalue weighted by Crippen LogP contribution is 2.33. The first-order valence-corrected chi connectivity index (χ1v) is 7.84. The molecule has 0 aliphatic rings. The van der Waals surface area contributed by atoms with Crippen LogP contribution in [0, 0.1) is 9.39 Å². The number of pyridine rings is 1. The molecule has 0 atom stereocenters. The molecule has 21 heavy (non-hydrogen) atoms. The summed E-state index contributed by atoms with van der Waals surface area (Å²) in [6.45, 7) is 0. The van der Waals surface area contributed by atoms with E-state index in [1.165, 1.54) is 29.5 Å². The summed E-state index contributed by atoms with van der Waals surface area (Å²) in [4.78, 5) is 16.8. The zero-order valence-corrected chi connectivity index (χ0v) is 13.5. The Hall–Kier alpha value is -1.74. The largest absolute Gasteiger partial charge is 0.397 e. The fourth-order valence-corrected chi connectivity index (χ4v) is 3.51. The number of hydrogen-bond acceptors (Lipinski definition) is 4. The van der Waals surface area contributed by atoms with E-state index in [1.807, 2.05) is 22.6 Å². The number of thiophene rings is 1. The van der Waals surface area contributed by atoms with Gasteiger partial charge in [0.1, 0.15) is 10.7 Å². The van der Waals surface area contributed by atoms with Crippen LogP contribution in [-0.2, 0) is 0 Å². The van der Waals surface area contributed by atoms with Crippen LogP contribution >= 0.6 is 33.9 Å². The number of anilines is 2. The Balaban J connectivity index is 1.95. The molecule has 2 heterocycles. The first kappa shape index (κ1) is 14.2. The van der Waals surface area contributed by atoms with Crippen LogP contribution in [0.3, 0.4) is 0 Å². The Morgan fingerprint density at radius 2 is 2.19 bits per heavy atom. The smallest absolute Gasteiger partial charge is 0.267 e. The molecule has 0 fully saturated rings. The van der Waals surface area contributed by atoms with Crippen LogP contribution in [0.25, 0.3) is 10.1 Å². The van der Waals surface area contributed by atoms with Crippen LogP contribution in [-0.4, -0.2) is 10.9 Å². The topological polar surface area (TPSA) is 68.0 Å². The molecule has 3 aromatic rings. The number of carbonyl (C=O) groups excluding carboxylic acids is 1. The van der Waals surface area contributed by atoms with E-state index in [2.05, 4.69) is 10.3 Å². The standard InChI is InChI=1S/C14H9FIN3OS/c15-7-1-2-10(9(16)5-7)19-14(20)13-12(17)8-3-4-18-6-11(8)21-13/h1-6H,17H2,(H,19,20). The fourth-order valence-electron chi connectivity index (χ4n) is 1.91. The van der Waals surface area contributed by atoms with E-state index >= 15 is 0 Å². The number of nitrogen functional groups attached to an aromatic ring is 1. The molecule has 0 radical (unpaired) electrons. The zero-order valence-electron chi connectivity index (χ0n) is 10.6. The van der Waals surface area contributed by atoms with Crippen molar-refractivity contribution in [1.82, 2.24) is 4.98 Å². The van der Waals surface area contributed by atoms with Crippen LogP contribution in [0.5, 0.6) is 0 Å². The van der Waals surface area contributed by atoms with Crippen molar-refractivity contribution in [2.75, 3.05) is 11.1 Å². The summed E-state index contributed by atoms with van der Waals surface area (Å²) in [5.41, 5.74) is 7.01. The second-order valence-electron chi connectivity index (χ2n) is 4.29. The third-order valence-corrected chi connectivity index (χ3v) is 4.96. The lowest BCUT2D eigenvalue weighted by atomic mass is 10.2. The molecule has 0 saturated heterocycles. The third-order valence-electron chi connectivity index (χ3n) is 2.92. The predicted molar refractivity (Wildman–Crippen MR) is 91.1 cm³/mol. The average molecular weight is 413 g/mol. The van der Waals surface area contributed by atoms with Gasteiger partial charge in [0.2, 0.25) is 0 Å². The van der Waals surface area contributed by atoms with E-state index in [0.29, 0.717) is 19.8 Å². The molecule has 0 saturated carbocycles. The zero-order chi connectivity index (χ0) is 15.0. The van der Waals surface area contributed by atoms with Gasteiger partial charge in [-0.15, -0.1) is 11.3 Å². The predicted octanol–water partition coefficient (Wildman–Crippen LogP) is 3.87. The number of carbonyl (C=O) groups is 1. The van der Waals surface area contributed by atoms with Gasteiger partial charge in [0.15, 0.2) is 0 Å². The van der Waals surface area contributed by atoms with E-state index in [1.54, 1.807) is 18.5 Å². The number of nitrogens with one attached hydrogen (secondary N) is 1. The number of halogens is 2. The molecule has 4 nitrogen and oxygen atoms in total. The lowest BCUT2D eigenvalue weighted by molar-refractivity contribution is 0.103.